The number of amides is 1. The molecule has 17 heteroatoms. The van der Waals surface area contributed by atoms with Gasteiger partial charge in [0, 0.05) is 61.3 Å². The number of ether oxygens (including phenoxy) is 4. The summed E-state index contributed by atoms with van der Waals surface area (Å²) < 4.78 is 102. The fraction of sp³-hybridized carbons (Fsp3) is 0.471. The quantitative estimate of drug-likeness (QED) is 0.113. The summed E-state index contributed by atoms with van der Waals surface area (Å²) in [7, 11) is 3.13. The molecule has 4 aliphatic rings. The van der Waals surface area contributed by atoms with Crippen molar-refractivity contribution in [1.29, 1.82) is 0 Å². The van der Waals surface area contributed by atoms with E-state index in [1.54, 1.807) is 19.1 Å². The normalized spacial score (nSPS) is 21.6. The summed E-state index contributed by atoms with van der Waals surface area (Å²) in [5.41, 5.74) is -1.61. The molecule has 0 aliphatic carbocycles. The number of anilines is 2. The molecule has 2 bridgehead atoms. The molecule has 0 N–H and O–H groups in total. The summed E-state index contributed by atoms with van der Waals surface area (Å²) in [6.07, 6.45) is -3.16. The minimum atomic E-state index is -4.92. The number of aryl methyl sites for hydroxylation is 1. The van der Waals surface area contributed by atoms with Gasteiger partial charge in [0.1, 0.15) is 41.2 Å². The van der Waals surface area contributed by atoms with Crippen molar-refractivity contribution in [3.05, 3.63) is 99.8 Å². The van der Waals surface area contributed by atoms with E-state index in [0.29, 0.717) is 56.1 Å². The molecule has 68 heavy (non-hydrogen) atoms. The summed E-state index contributed by atoms with van der Waals surface area (Å²) in [6, 6.07) is 18.3. The molecule has 9 rings (SSSR count). The lowest BCUT2D eigenvalue weighted by Gasteiger charge is -2.42. The molecule has 4 aromatic carbocycles. The minimum Gasteiger partial charge on any atom is -0.497 e. The number of nitrogens with zero attached hydrogens (tertiary/aromatic N) is 6. The van der Waals surface area contributed by atoms with Crippen molar-refractivity contribution >= 4 is 40.1 Å². The van der Waals surface area contributed by atoms with Crippen LogP contribution in [0.3, 0.4) is 0 Å². The summed E-state index contributed by atoms with van der Waals surface area (Å²) in [5.74, 6) is 0.473. The monoisotopic (exact) mass is 962 g/mol. The van der Waals surface area contributed by atoms with Crippen LogP contribution in [-0.2, 0) is 24.0 Å². The van der Waals surface area contributed by atoms with Crippen LogP contribution in [0.5, 0.6) is 17.5 Å². The Morgan fingerprint density at radius 1 is 0.897 bits per heavy atom. The Morgan fingerprint density at radius 3 is 2.09 bits per heavy atom. The van der Waals surface area contributed by atoms with E-state index in [-0.39, 0.29) is 78.1 Å². The first kappa shape index (κ1) is 47.5. The van der Waals surface area contributed by atoms with E-state index >= 15 is 17.6 Å². The van der Waals surface area contributed by atoms with E-state index in [4.69, 9.17) is 35.5 Å². The van der Waals surface area contributed by atoms with Crippen LogP contribution in [0.1, 0.15) is 75.1 Å². The second-order valence-electron chi connectivity index (χ2n) is 19.6. The first-order valence-electron chi connectivity index (χ1n) is 23.0. The lowest BCUT2D eigenvalue weighted by Crippen LogP contribution is -2.57. The molecular weight excluding hydrogens is 907 g/mol. The van der Waals surface area contributed by atoms with Gasteiger partial charge >= 0.3 is 18.3 Å². The van der Waals surface area contributed by atoms with E-state index in [1.807, 2.05) is 79.1 Å². The van der Waals surface area contributed by atoms with Gasteiger partial charge in [0.05, 0.1) is 42.4 Å². The second-order valence-corrected chi connectivity index (χ2v) is 20.0. The number of hydrogen-bond donors (Lipinski definition) is 0. The molecule has 0 radical (unpaired) electrons. The van der Waals surface area contributed by atoms with Crippen LogP contribution in [0.25, 0.3) is 22.0 Å². The van der Waals surface area contributed by atoms with Crippen molar-refractivity contribution in [2.45, 2.75) is 108 Å². The number of halogens is 6. The number of benzene rings is 4. The Labute approximate surface area is 398 Å². The molecule has 1 aromatic heterocycles. The van der Waals surface area contributed by atoms with E-state index in [1.165, 1.54) is 25.1 Å². The number of fused-ring (bicyclic) bond motifs is 4. The Kier molecular flexibility index (Phi) is 12.8. The Bertz CT molecular complexity index is 2620. The van der Waals surface area contributed by atoms with Crippen molar-refractivity contribution < 1.29 is 45.7 Å². The molecule has 4 fully saturated rings. The average molecular weight is 963 g/mol. The van der Waals surface area contributed by atoms with Gasteiger partial charge in [-0.3, -0.25) is 9.80 Å². The van der Waals surface area contributed by atoms with E-state index in [2.05, 4.69) is 9.88 Å². The van der Waals surface area contributed by atoms with Crippen LogP contribution >= 0.6 is 11.6 Å². The molecule has 5 aromatic rings. The number of carbonyl (C=O) groups is 1. The lowest BCUT2D eigenvalue weighted by molar-refractivity contribution is -0.137. The molecule has 11 nitrogen and oxygen atoms in total. The highest BCUT2D eigenvalue weighted by molar-refractivity contribution is 6.34. The van der Waals surface area contributed by atoms with Gasteiger partial charge in [-0.25, -0.2) is 13.6 Å². The number of aromatic nitrogens is 2. The molecule has 4 aliphatic heterocycles. The predicted octanol–water partition coefficient (Wildman–Crippen LogP) is 11.2. The van der Waals surface area contributed by atoms with Gasteiger partial charge in [-0.2, -0.15) is 23.1 Å². The summed E-state index contributed by atoms with van der Waals surface area (Å²) in [5, 5.41) is -0.107. The first-order valence-corrected chi connectivity index (χ1v) is 23.4. The molecule has 362 valence electrons. The Hall–Kier alpha value is -5.61. The number of methoxy groups -OCH3 is 2. The van der Waals surface area contributed by atoms with Crippen LogP contribution in [0.15, 0.2) is 66.7 Å². The van der Waals surface area contributed by atoms with Crippen LogP contribution in [0, 0.1) is 12.7 Å². The number of alkyl halides is 4. The fourth-order valence-corrected chi connectivity index (χ4v) is 11.0. The van der Waals surface area contributed by atoms with Gasteiger partial charge in [-0.05, 0) is 119 Å². The highest BCUT2D eigenvalue weighted by atomic mass is 35.5. The van der Waals surface area contributed by atoms with Crippen molar-refractivity contribution in [2.75, 3.05) is 56.8 Å². The zero-order chi connectivity index (χ0) is 48.3. The van der Waals surface area contributed by atoms with Crippen LogP contribution in [-0.4, -0.2) is 102 Å². The SMILES string of the molecule is COc1ccc(CN(Cc2ccc(OC)cc2)c2cc(C)c(C(F)(F)F)c(-c3c(Cl)cc4c(N5CC6CCC(C5)N6C(=O)OC(C)(C)C)nc(OC[C@@]56CCCN5C[C@H](F)C6)nc4c3F)c2)cc1. The highest BCUT2D eigenvalue weighted by Crippen LogP contribution is 2.48. The molecule has 4 saturated heterocycles. The molecule has 2 unspecified atom stereocenters. The summed E-state index contributed by atoms with van der Waals surface area (Å²) in [6.45, 7) is 8.98. The molecular formula is C51H56ClF5N6O5. The van der Waals surface area contributed by atoms with Gasteiger partial charge < -0.3 is 28.7 Å². The van der Waals surface area contributed by atoms with Crippen molar-refractivity contribution in [1.82, 2.24) is 19.8 Å². The van der Waals surface area contributed by atoms with Crippen LogP contribution in [0.2, 0.25) is 5.02 Å². The van der Waals surface area contributed by atoms with E-state index < -0.39 is 52.1 Å². The van der Waals surface area contributed by atoms with Gasteiger partial charge in [-0.1, -0.05) is 35.9 Å². The zero-order valence-electron chi connectivity index (χ0n) is 39.1. The zero-order valence-corrected chi connectivity index (χ0v) is 39.8. The average Bonchev–Trinajstić information content (AvgIpc) is 3.91. The molecule has 5 heterocycles. The third kappa shape index (κ3) is 9.42. The van der Waals surface area contributed by atoms with Gasteiger partial charge in [-0.15, -0.1) is 0 Å². The van der Waals surface area contributed by atoms with E-state index in [0.717, 1.165) is 17.5 Å². The fourth-order valence-electron chi connectivity index (χ4n) is 10.7. The maximum atomic E-state index is 17.9. The van der Waals surface area contributed by atoms with Crippen LogP contribution < -0.4 is 24.0 Å². The smallest absolute Gasteiger partial charge is 0.417 e. The third-order valence-electron chi connectivity index (χ3n) is 13.8. The van der Waals surface area contributed by atoms with Gasteiger partial charge in [0.15, 0.2) is 5.82 Å². The van der Waals surface area contributed by atoms with Gasteiger partial charge in [0.25, 0.3) is 0 Å². The van der Waals surface area contributed by atoms with Crippen LogP contribution in [0.4, 0.5) is 38.3 Å². The number of piperazine rings is 1. The molecule has 0 spiro atoms. The summed E-state index contributed by atoms with van der Waals surface area (Å²) in [4.78, 5) is 30.6. The molecule has 0 saturated carbocycles. The van der Waals surface area contributed by atoms with Gasteiger partial charge in [0.2, 0.25) is 0 Å². The molecule has 4 atom stereocenters. The maximum absolute atomic E-state index is 17.9. The lowest BCUT2D eigenvalue weighted by atomic mass is 9.92. The predicted molar refractivity (Wildman–Crippen MR) is 251 cm³/mol. The topological polar surface area (TPSA) is 92.7 Å². The number of hydrogen-bond acceptors (Lipinski definition) is 10. The first-order chi connectivity index (χ1) is 32.3. The summed E-state index contributed by atoms with van der Waals surface area (Å²) >= 11 is 7.07. The standard InChI is InChI=1S/C51H56ClF5N6O5/c1-30-20-36(60(24-31-8-14-37(65-5)15-9-31)25-32-10-16-38(66-6)17-11-32)21-39(43(30)51(55,56)57)42-41(52)22-40-45(44(42)54)58-47(67-29-50-18-7-19-62(50)26-33(53)23-50)59-46(40)61-27-34-12-13-35(28-61)63(34)48(64)68-49(2,3)4/h8-11,14-17,20-22,33-35H,7,12-13,18-19,23-29H2,1-6H3/t33-,34?,35?,50+/m1/s1. The third-order valence-corrected chi connectivity index (χ3v) is 14.1. The van der Waals surface area contributed by atoms with Crippen molar-refractivity contribution in [2.24, 2.45) is 0 Å². The maximum Gasteiger partial charge on any atom is 0.417 e. The Balaban J connectivity index is 1.17. The van der Waals surface area contributed by atoms with E-state index in [9.17, 15) is 9.18 Å². The minimum absolute atomic E-state index is 0.0375. The largest absolute Gasteiger partial charge is 0.497 e. The van der Waals surface area contributed by atoms with Crippen molar-refractivity contribution in [3.63, 3.8) is 0 Å². The molecule has 1 amide bonds. The number of carbonyl (C=O) groups excluding carboxylic acids is 1. The number of rotatable bonds is 12. The highest BCUT2D eigenvalue weighted by Gasteiger charge is 2.50. The Morgan fingerprint density at radius 2 is 1.51 bits per heavy atom. The second kappa shape index (κ2) is 18.4. The van der Waals surface area contributed by atoms with Crippen molar-refractivity contribution in [3.8, 4) is 28.6 Å².